The van der Waals surface area contributed by atoms with Crippen LogP contribution >= 0.6 is 7.82 Å². The highest BCUT2D eigenvalue weighted by molar-refractivity contribution is 7.46. The molecule has 0 aromatic heterocycles. The summed E-state index contributed by atoms with van der Waals surface area (Å²) < 4.78 is 42.5. The molecule has 0 amide bonds. The van der Waals surface area contributed by atoms with Crippen molar-refractivity contribution in [1.29, 1.82) is 0 Å². The first-order valence-electron chi connectivity index (χ1n) is 8.26. The van der Waals surface area contributed by atoms with E-state index < -0.39 is 7.82 Å². The molecule has 0 atom stereocenters. The maximum atomic E-state index is 11.3. The van der Waals surface area contributed by atoms with Crippen LogP contribution in [0, 0.1) is 0 Å². The Labute approximate surface area is 168 Å². The Morgan fingerprint density at radius 1 is 0.724 bits per heavy atom. The smallest absolute Gasteiger partial charge is 0.493 e. The number of methoxy groups -OCH3 is 5. The third-order valence-corrected chi connectivity index (χ3v) is 4.30. The standard InChI is InChI=1S/C19H23O9P/c1-23-14-9-8-13(17(26-4)19(14)28-29(20,21)22)7-6-12-10-15(24-2)18(27-5)16(11-12)25-3/h6-11H,1-5H3,(H2,20,21,22). The third kappa shape index (κ3) is 5.35. The molecule has 0 aliphatic carbocycles. The van der Waals surface area contributed by atoms with Crippen LogP contribution in [0.3, 0.4) is 0 Å². The van der Waals surface area contributed by atoms with Gasteiger partial charge in [0.25, 0.3) is 0 Å². The van der Waals surface area contributed by atoms with Crippen molar-refractivity contribution in [3.05, 3.63) is 35.4 Å². The Hall–Kier alpha value is -2.87. The molecule has 10 heteroatoms. The number of hydrogen-bond donors (Lipinski definition) is 2. The second-order valence-corrected chi connectivity index (χ2v) is 6.76. The lowest BCUT2D eigenvalue weighted by molar-refractivity contribution is 0.269. The minimum atomic E-state index is -4.83. The summed E-state index contributed by atoms with van der Waals surface area (Å²) in [5.74, 6) is 1.46. The van der Waals surface area contributed by atoms with E-state index in [1.54, 1.807) is 30.4 Å². The van der Waals surface area contributed by atoms with Gasteiger partial charge in [0.05, 0.1) is 35.5 Å². The lowest BCUT2D eigenvalue weighted by atomic mass is 10.1. The zero-order chi connectivity index (χ0) is 21.6. The van der Waals surface area contributed by atoms with Gasteiger partial charge in [0, 0.05) is 5.56 Å². The van der Waals surface area contributed by atoms with Crippen LogP contribution in [0.4, 0.5) is 0 Å². The molecule has 0 fully saturated rings. The van der Waals surface area contributed by atoms with Gasteiger partial charge < -0.3 is 28.2 Å². The van der Waals surface area contributed by atoms with Crippen molar-refractivity contribution in [3.8, 4) is 34.5 Å². The fraction of sp³-hybridized carbons (Fsp3) is 0.263. The van der Waals surface area contributed by atoms with Crippen LogP contribution in [-0.4, -0.2) is 45.3 Å². The Bertz CT molecular complexity index is 909. The number of rotatable bonds is 9. The lowest BCUT2D eigenvalue weighted by Crippen LogP contribution is -1.99. The number of phosphoric ester groups is 1. The molecule has 0 aliphatic heterocycles. The van der Waals surface area contributed by atoms with Gasteiger partial charge in [-0.25, -0.2) is 4.57 Å². The fourth-order valence-corrected chi connectivity index (χ4v) is 3.06. The Balaban J connectivity index is 2.52. The van der Waals surface area contributed by atoms with Gasteiger partial charge in [-0.2, -0.15) is 0 Å². The molecule has 0 heterocycles. The van der Waals surface area contributed by atoms with Gasteiger partial charge in [-0.15, -0.1) is 0 Å². The van der Waals surface area contributed by atoms with E-state index in [1.807, 2.05) is 0 Å². The largest absolute Gasteiger partial charge is 0.525 e. The minimum absolute atomic E-state index is 0.108. The molecule has 2 rings (SSSR count). The Morgan fingerprint density at radius 2 is 1.28 bits per heavy atom. The van der Waals surface area contributed by atoms with Crippen molar-refractivity contribution >= 4 is 20.0 Å². The molecule has 0 unspecified atom stereocenters. The van der Waals surface area contributed by atoms with E-state index in [4.69, 9.17) is 28.2 Å². The molecule has 0 saturated heterocycles. The molecule has 0 saturated carbocycles. The van der Waals surface area contributed by atoms with E-state index in [-0.39, 0.29) is 17.2 Å². The number of ether oxygens (including phenoxy) is 5. The predicted molar refractivity (Wildman–Crippen MR) is 107 cm³/mol. The first kappa shape index (κ1) is 22.4. The van der Waals surface area contributed by atoms with E-state index in [0.717, 1.165) is 5.56 Å². The second kappa shape index (κ2) is 9.56. The quantitative estimate of drug-likeness (QED) is 0.460. The minimum Gasteiger partial charge on any atom is -0.493 e. The number of hydrogen-bond acceptors (Lipinski definition) is 7. The second-order valence-electron chi connectivity index (χ2n) is 5.59. The van der Waals surface area contributed by atoms with E-state index in [9.17, 15) is 14.4 Å². The van der Waals surface area contributed by atoms with Crippen molar-refractivity contribution in [2.75, 3.05) is 35.5 Å². The summed E-state index contributed by atoms with van der Waals surface area (Å²) in [5, 5.41) is 0. The maximum Gasteiger partial charge on any atom is 0.525 e. The Kier molecular flexibility index (Phi) is 7.39. The van der Waals surface area contributed by atoms with Crippen LogP contribution in [0.5, 0.6) is 34.5 Å². The summed E-state index contributed by atoms with van der Waals surface area (Å²) in [6.45, 7) is 0. The van der Waals surface area contributed by atoms with Gasteiger partial charge in [0.15, 0.2) is 23.0 Å². The van der Waals surface area contributed by atoms with Crippen LogP contribution in [0.15, 0.2) is 24.3 Å². The molecular weight excluding hydrogens is 403 g/mol. The number of phosphoric acid groups is 1. The van der Waals surface area contributed by atoms with Crippen molar-refractivity contribution in [1.82, 2.24) is 0 Å². The topological polar surface area (TPSA) is 113 Å². The van der Waals surface area contributed by atoms with Crippen LogP contribution in [0.25, 0.3) is 12.2 Å². The van der Waals surface area contributed by atoms with Crippen molar-refractivity contribution < 1.29 is 42.6 Å². The summed E-state index contributed by atoms with van der Waals surface area (Å²) in [7, 11) is 2.44. The lowest BCUT2D eigenvalue weighted by Gasteiger charge is -2.16. The van der Waals surface area contributed by atoms with E-state index in [2.05, 4.69) is 0 Å². The van der Waals surface area contributed by atoms with Crippen molar-refractivity contribution in [2.45, 2.75) is 0 Å². The molecule has 2 aromatic rings. The molecule has 2 aromatic carbocycles. The normalized spacial score (nSPS) is 11.3. The van der Waals surface area contributed by atoms with Crippen LogP contribution < -0.4 is 28.2 Å². The highest BCUT2D eigenvalue weighted by Crippen LogP contribution is 2.49. The van der Waals surface area contributed by atoms with Gasteiger partial charge in [0.2, 0.25) is 11.5 Å². The summed E-state index contributed by atoms with van der Waals surface area (Å²) in [6.07, 6.45) is 3.43. The fourth-order valence-electron chi connectivity index (χ4n) is 2.65. The molecule has 0 bridgehead atoms. The summed E-state index contributed by atoms with van der Waals surface area (Å²) in [5.41, 5.74) is 1.24. The number of benzene rings is 2. The van der Waals surface area contributed by atoms with Crippen LogP contribution in [-0.2, 0) is 4.57 Å². The summed E-state index contributed by atoms with van der Waals surface area (Å²) in [4.78, 5) is 18.4. The van der Waals surface area contributed by atoms with Gasteiger partial charge in [-0.05, 0) is 29.8 Å². The maximum absolute atomic E-state index is 11.3. The SMILES string of the molecule is COc1cc(C=Cc2ccc(OC)c(OP(=O)(O)O)c2OC)cc(OC)c1OC. The molecule has 158 valence electrons. The van der Waals surface area contributed by atoms with Crippen molar-refractivity contribution in [3.63, 3.8) is 0 Å². The van der Waals surface area contributed by atoms with Gasteiger partial charge in [0.1, 0.15) is 0 Å². The summed E-state index contributed by atoms with van der Waals surface area (Å²) in [6, 6.07) is 6.68. The predicted octanol–water partition coefficient (Wildman–Crippen LogP) is 3.37. The average Bonchev–Trinajstić information content (AvgIpc) is 2.70. The summed E-state index contributed by atoms with van der Waals surface area (Å²) >= 11 is 0. The first-order valence-corrected chi connectivity index (χ1v) is 9.79. The first-order chi connectivity index (χ1) is 13.8. The highest BCUT2D eigenvalue weighted by Gasteiger charge is 2.24. The van der Waals surface area contributed by atoms with Crippen LogP contribution in [0.1, 0.15) is 11.1 Å². The van der Waals surface area contributed by atoms with E-state index >= 15 is 0 Å². The molecule has 9 nitrogen and oxygen atoms in total. The van der Waals surface area contributed by atoms with Gasteiger partial charge in [-0.3, -0.25) is 9.79 Å². The average molecular weight is 426 g/mol. The molecule has 0 spiro atoms. The molecular formula is C19H23O9P. The molecule has 0 radical (unpaired) electrons. The monoisotopic (exact) mass is 426 g/mol. The molecule has 29 heavy (non-hydrogen) atoms. The van der Waals surface area contributed by atoms with Crippen molar-refractivity contribution in [2.24, 2.45) is 0 Å². The van der Waals surface area contributed by atoms with E-state index in [0.29, 0.717) is 22.8 Å². The Morgan fingerprint density at radius 3 is 1.72 bits per heavy atom. The highest BCUT2D eigenvalue weighted by atomic mass is 31.2. The zero-order valence-electron chi connectivity index (χ0n) is 16.7. The van der Waals surface area contributed by atoms with Crippen LogP contribution in [0.2, 0.25) is 0 Å². The molecule has 2 N–H and O–H groups in total. The molecule has 0 aliphatic rings. The third-order valence-electron chi connectivity index (χ3n) is 3.88. The zero-order valence-corrected chi connectivity index (χ0v) is 17.6. The van der Waals surface area contributed by atoms with Gasteiger partial charge in [-0.1, -0.05) is 12.2 Å². The van der Waals surface area contributed by atoms with Gasteiger partial charge >= 0.3 is 7.82 Å². The van der Waals surface area contributed by atoms with E-state index in [1.165, 1.54) is 41.6 Å².